The summed E-state index contributed by atoms with van der Waals surface area (Å²) in [4.78, 5) is 10.7. The second kappa shape index (κ2) is 4.22. The van der Waals surface area contributed by atoms with Crippen molar-refractivity contribution >= 4 is 5.91 Å². The molecular formula is C8H15NO5. The first-order chi connectivity index (χ1) is 6.43. The molecule has 1 saturated heterocycles. The van der Waals surface area contributed by atoms with Crippen LogP contribution in [0.3, 0.4) is 0 Å². The normalized spacial score (nSPS) is 43.4. The van der Waals surface area contributed by atoms with Crippen LogP contribution in [0.15, 0.2) is 0 Å². The number of hydrogen-bond acceptors (Lipinski definition) is 5. The summed E-state index contributed by atoms with van der Waals surface area (Å²) in [6.07, 6.45) is -5.37. The molecule has 0 spiro atoms. The van der Waals surface area contributed by atoms with Gasteiger partial charge in [0.25, 0.3) is 0 Å². The number of hydrogen-bond donors (Lipinski definition) is 4. The van der Waals surface area contributed by atoms with Gasteiger partial charge in [0.15, 0.2) is 6.23 Å². The van der Waals surface area contributed by atoms with E-state index >= 15 is 0 Å². The molecule has 1 heterocycles. The summed E-state index contributed by atoms with van der Waals surface area (Å²) in [5.74, 6) is -0.371. The van der Waals surface area contributed by atoms with Crippen LogP contribution in [-0.2, 0) is 9.53 Å². The molecule has 0 aromatic rings. The van der Waals surface area contributed by atoms with Crippen molar-refractivity contribution < 1.29 is 24.9 Å². The average molecular weight is 205 g/mol. The maximum absolute atomic E-state index is 10.7. The number of carbonyl (C=O) groups excluding carboxylic acids is 1. The summed E-state index contributed by atoms with van der Waals surface area (Å²) in [7, 11) is 0. The third-order valence-electron chi connectivity index (χ3n) is 2.20. The maximum Gasteiger partial charge on any atom is 0.218 e. The van der Waals surface area contributed by atoms with Crippen molar-refractivity contribution in [2.24, 2.45) is 0 Å². The summed E-state index contributed by atoms with van der Waals surface area (Å²) < 4.78 is 5.10. The summed E-state index contributed by atoms with van der Waals surface area (Å²) in [6, 6.07) is 0. The Hall–Kier alpha value is -0.690. The standard InChI is InChI=1S/C8H15NO5/c1-3-5(11)6(12)7(13)8(14-3)9-4(2)10/h3,5-8,11-13H,1-2H3,(H,9,10)/t3-,5+,6+,7-,8+/m0/s1. The molecule has 0 aromatic carbocycles. The van der Waals surface area contributed by atoms with Crippen molar-refractivity contribution in [3.05, 3.63) is 0 Å². The van der Waals surface area contributed by atoms with E-state index in [0.29, 0.717) is 0 Å². The molecule has 1 fully saturated rings. The molecule has 0 radical (unpaired) electrons. The Balaban J connectivity index is 2.65. The van der Waals surface area contributed by atoms with Crippen molar-refractivity contribution in [2.75, 3.05) is 0 Å². The lowest BCUT2D eigenvalue weighted by Gasteiger charge is -2.39. The summed E-state index contributed by atoms with van der Waals surface area (Å²) in [5.41, 5.74) is 0. The van der Waals surface area contributed by atoms with Gasteiger partial charge in [0.1, 0.15) is 18.3 Å². The van der Waals surface area contributed by atoms with E-state index in [-0.39, 0.29) is 5.91 Å². The molecule has 82 valence electrons. The van der Waals surface area contributed by atoms with Crippen LogP contribution in [0.1, 0.15) is 13.8 Å². The quantitative estimate of drug-likeness (QED) is 0.395. The van der Waals surface area contributed by atoms with Gasteiger partial charge in [-0.25, -0.2) is 0 Å². The van der Waals surface area contributed by atoms with E-state index in [9.17, 15) is 20.1 Å². The molecule has 1 rings (SSSR count). The molecule has 14 heavy (non-hydrogen) atoms. The molecule has 1 aliphatic heterocycles. The minimum absolute atomic E-state index is 0.371. The molecule has 1 amide bonds. The highest BCUT2D eigenvalue weighted by Crippen LogP contribution is 2.19. The molecular weight excluding hydrogens is 190 g/mol. The molecule has 0 bridgehead atoms. The van der Waals surface area contributed by atoms with Crippen LogP contribution < -0.4 is 5.32 Å². The fraction of sp³-hybridized carbons (Fsp3) is 0.875. The Kier molecular flexibility index (Phi) is 3.43. The molecule has 5 atom stereocenters. The third kappa shape index (κ3) is 2.21. The zero-order valence-corrected chi connectivity index (χ0v) is 8.04. The van der Waals surface area contributed by atoms with E-state index in [1.54, 1.807) is 6.92 Å². The van der Waals surface area contributed by atoms with E-state index in [1.807, 2.05) is 0 Å². The highest BCUT2D eigenvalue weighted by Gasteiger charge is 2.41. The Morgan fingerprint density at radius 1 is 1.21 bits per heavy atom. The molecule has 0 saturated carbocycles. The molecule has 0 aliphatic carbocycles. The number of ether oxygens (including phenoxy) is 1. The SMILES string of the molecule is CC(=O)N[C@@H]1O[C@@H](C)[C@@H](O)[C@@H](O)[C@@H]1O. The topological polar surface area (TPSA) is 99.0 Å². The molecule has 0 unspecified atom stereocenters. The highest BCUT2D eigenvalue weighted by atomic mass is 16.5. The number of aliphatic hydroxyl groups is 3. The van der Waals surface area contributed by atoms with Crippen molar-refractivity contribution in [2.45, 2.75) is 44.5 Å². The first-order valence-electron chi connectivity index (χ1n) is 4.40. The minimum atomic E-state index is -1.31. The van der Waals surface area contributed by atoms with Crippen LogP contribution in [0.25, 0.3) is 0 Å². The summed E-state index contributed by atoms with van der Waals surface area (Å²) in [5, 5.41) is 30.4. The van der Waals surface area contributed by atoms with Crippen LogP contribution >= 0.6 is 0 Å². The van der Waals surface area contributed by atoms with E-state index in [4.69, 9.17) is 4.74 Å². The minimum Gasteiger partial charge on any atom is -0.388 e. The fourth-order valence-electron chi connectivity index (χ4n) is 1.37. The number of nitrogens with one attached hydrogen (secondary N) is 1. The van der Waals surface area contributed by atoms with Crippen LogP contribution in [0.2, 0.25) is 0 Å². The first kappa shape index (κ1) is 11.4. The van der Waals surface area contributed by atoms with Gasteiger partial charge in [-0.05, 0) is 6.92 Å². The average Bonchev–Trinajstić information content (AvgIpc) is 2.10. The first-order valence-corrected chi connectivity index (χ1v) is 4.40. The van der Waals surface area contributed by atoms with Gasteiger partial charge in [-0.2, -0.15) is 0 Å². The lowest BCUT2D eigenvalue weighted by Crippen LogP contribution is -2.61. The molecule has 1 aliphatic rings. The van der Waals surface area contributed by atoms with Crippen LogP contribution in [0.4, 0.5) is 0 Å². The van der Waals surface area contributed by atoms with E-state index in [2.05, 4.69) is 5.32 Å². The van der Waals surface area contributed by atoms with E-state index in [1.165, 1.54) is 6.92 Å². The zero-order chi connectivity index (χ0) is 10.9. The lowest BCUT2D eigenvalue weighted by atomic mass is 9.99. The Bertz CT molecular complexity index is 222. The van der Waals surface area contributed by atoms with E-state index < -0.39 is 30.6 Å². The number of carbonyl (C=O) groups is 1. The van der Waals surface area contributed by atoms with Crippen molar-refractivity contribution in [3.8, 4) is 0 Å². The van der Waals surface area contributed by atoms with Gasteiger partial charge in [-0.3, -0.25) is 4.79 Å². The molecule has 6 nitrogen and oxygen atoms in total. The van der Waals surface area contributed by atoms with Gasteiger partial charge in [0, 0.05) is 6.92 Å². The molecule has 4 N–H and O–H groups in total. The smallest absolute Gasteiger partial charge is 0.218 e. The largest absolute Gasteiger partial charge is 0.388 e. The second-order valence-corrected chi connectivity index (χ2v) is 3.43. The van der Waals surface area contributed by atoms with Crippen molar-refractivity contribution in [3.63, 3.8) is 0 Å². The molecule has 6 heteroatoms. The number of aliphatic hydroxyl groups excluding tert-OH is 3. The van der Waals surface area contributed by atoms with Gasteiger partial charge >= 0.3 is 0 Å². The zero-order valence-electron chi connectivity index (χ0n) is 8.04. The predicted molar refractivity (Wildman–Crippen MR) is 46.2 cm³/mol. The Morgan fingerprint density at radius 3 is 2.29 bits per heavy atom. The number of rotatable bonds is 1. The lowest BCUT2D eigenvalue weighted by molar-refractivity contribution is -0.224. The predicted octanol–water partition coefficient (Wildman–Crippen LogP) is -2.05. The maximum atomic E-state index is 10.7. The number of amides is 1. The van der Waals surface area contributed by atoms with Gasteiger partial charge in [0.2, 0.25) is 5.91 Å². The summed E-state index contributed by atoms with van der Waals surface area (Å²) in [6.45, 7) is 2.83. The van der Waals surface area contributed by atoms with Gasteiger partial charge in [-0.15, -0.1) is 0 Å². The Morgan fingerprint density at radius 2 is 1.79 bits per heavy atom. The highest BCUT2D eigenvalue weighted by molar-refractivity contribution is 5.73. The van der Waals surface area contributed by atoms with Crippen LogP contribution in [-0.4, -0.2) is 51.9 Å². The fourth-order valence-corrected chi connectivity index (χ4v) is 1.37. The van der Waals surface area contributed by atoms with Gasteiger partial charge < -0.3 is 25.4 Å². The Labute approximate surface area is 81.5 Å². The monoisotopic (exact) mass is 205 g/mol. The van der Waals surface area contributed by atoms with Crippen LogP contribution in [0.5, 0.6) is 0 Å². The third-order valence-corrected chi connectivity index (χ3v) is 2.20. The summed E-state index contributed by atoms with van der Waals surface area (Å²) >= 11 is 0. The second-order valence-electron chi connectivity index (χ2n) is 3.43. The van der Waals surface area contributed by atoms with Crippen molar-refractivity contribution in [1.82, 2.24) is 5.32 Å². The van der Waals surface area contributed by atoms with Gasteiger partial charge in [0.05, 0.1) is 6.10 Å². The van der Waals surface area contributed by atoms with E-state index in [0.717, 1.165) is 0 Å². The van der Waals surface area contributed by atoms with Crippen molar-refractivity contribution in [1.29, 1.82) is 0 Å². The van der Waals surface area contributed by atoms with Gasteiger partial charge in [-0.1, -0.05) is 0 Å². The van der Waals surface area contributed by atoms with Crippen LogP contribution in [0, 0.1) is 0 Å². The molecule has 0 aromatic heterocycles.